The van der Waals surface area contributed by atoms with E-state index < -0.39 is 5.82 Å². The van der Waals surface area contributed by atoms with Crippen LogP contribution >= 0.6 is 0 Å². The van der Waals surface area contributed by atoms with Crippen LogP contribution in [-0.4, -0.2) is 35.9 Å². The third-order valence-corrected chi connectivity index (χ3v) is 4.86. The van der Waals surface area contributed by atoms with Gasteiger partial charge in [-0.1, -0.05) is 6.07 Å². The number of fused-ring (bicyclic) bond motifs is 1. The highest BCUT2D eigenvalue weighted by Crippen LogP contribution is 2.33. The molecule has 0 amide bonds. The zero-order valence-corrected chi connectivity index (χ0v) is 16.7. The minimum atomic E-state index is -0.433. The number of rotatable bonds is 6. The van der Waals surface area contributed by atoms with Crippen LogP contribution in [0.4, 0.5) is 4.39 Å². The maximum atomic E-state index is 14.5. The molecule has 4 aromatic rings. The summed E-state index contributed by atoms with van der Waals surface area (Å²) in [5, 5.41) is 0. The van der Waals surface area contributed by atoms with Crippen LogP contribution < -0.4 is 19.9 Å². The minimum absolute atomic E-state index is 0.256. The fourth-order valence-corrected chi connectivity index (χ4v) is 3.42. The molecule has 2 aromatic heterocycles. The van der Waals surface area contributed by atoms with Crippen molar-refractivity contribution in [2.75, 3.05) is 21.3 Å². The number of methoxy groups -OCH3 is 3. The number of pyridine rings is 1. The Balaban J connectivity index is 1.84. The van der Waals surface area contributed by atoms with Gasteiger partial charge in [-0.15, -0.1) is 0 Å². The Morgan fingerprint density at radius 2 is 1.77 bits per heavy atom. The van der Waals surface area contributed by atoms with E-state index in [4.69, 9.17) is 14.2 Å². The molecule has 30 heavy (non-hydrogen) atoms. The fraction of sp³-hybridized carbons (Fsp3) is 0.182. The van der Waals surface area contributed by atoms with Gasteiger partial charge < -0.3 is 14.2 Å². The van der Waals surface area contributed by atoms with E-state index in [1.165, 1.54) is 23.9 Å². The highest BCUT2D eigenvalue weighted by atomic mass is 19.1. The Labute approximate surface area is 171 Å². The van der Waals surface area contributed by atoms with Gasteiger partial charge in [0.05, 0.1) is 39.0 Å². The Morgan fingerprint density at radius 3 is 2.43 bits per heavy atom. The molecular weight excluding hydrogens is 389 g/mol. The first kappa shape index (κ1) is 19.5. The molecule has 7 nitrogen and oxygen atoms in total. The van der Waals surface area contributed by atoms with Gasteiger partial charge in [0.1, 0.15) is 23.1 Å². The zero-order valence-electron chi connectivity index (χ0n) is 16.7. The molecule has 0 aliphatic heterocycles. The number of hydrogen-bond acceptors (Lipinski definition) is 5. The number of benzene rings is 2. The van der Waals surface area contributed by atoms with Crippen LogP contribution in [0.15, 0.2) is 53.5 Å². The molecule has 0 saturated carbocycles. The number of hydrogen-bond donors (Lipinski definition) is 1. The first-order valence-electron chi connectivity index (χ1n) is 9.17. The molecule has 0 bridgehead atoms. The monoisotopic (exact) mass is 409 g/mol. The van der Waals surface area contributed by atoms with Crippen molar-refractivity contribution < 1.29 is 18.6 Å². The van der Waals surface area contributed by atoms with Crippen LogP contribution in [0.3, 0.4) is 0 Å². The second-order valence-corrected chi connectivity index (χ2v) is 6.65. The van der Waals surface area contributed by atoms with Crippen molar-refractivity contribution >= 4 is 11.2 Å². The van der Waals surface area contributed by atoms with E-state index in [1.807, 2.05) is 12.1 Å². The normalized spacial score (nSPS) is 10.9. The third kappa shape index (κ3) is 3.47. The summed E-state index contributed by atoms with van der Waals surface area (Å²) in [6.07, 6.45) is 1.51. The van der Waals surface area contributed by atoms with E-state index in [-0.39, 0.29) is 17.8 Å². The third-order valence-electron chi connectivity index (χ3n) is 4.86. The van der Waals surface area contributed by atoms with Gasteiger partial charge in [0, 0.05) is 17.8 Å². The van der Waals surface area contributed by atoms with Gasteiger partial charge in [0.25, 0.3) is 0 Å². The number of ether oxygens (including phenoxy) is 3. The number of H-pyrrole nitrogens is 1. The van der Waals surface area contributed by atoms with Crippen molar-refractivity contribution in [1.29, 1.82) is 0 Å². The average Bonchev–Trinajstić information content (AvgIpc) is 3.07. The van der Waals surface area contributed by atoms with Crippen LogP contribution in [0.25, 0.3) is 22.3 Å². The van der Waals surface area contributed by atoms with Crippen LogP contribution in [-0.2, 0) is 6.54 Å². The Morgan fingerprint density at radius 1 is 1.03 bits per heavy atom. The number of aromatic nitrogens is 3. The standard InChI is InChI=1S/C22H20FN3O4/c1-28-15-7-13(8-16(10-15)29-2)12-26-18-9-14(11-24-21(18)25-22(26)27)20-17(23)5-4-6-19(20)30-3/h4-11H,12H2,1-3H3,(H,24,25,27). The van der Waals surface area contributed by atoms with Gasteiger partial charge in [-0.25, -0.2) is 14.2 Å². The second-order valence-electron chi connectivity index (χ2n) is 6.65. The summed E-state index contributed by atoms with van der Waals surface area (Å²) in [7, 11) is 4.61. The Kier molecular flexibility index (Phi) is 5.14. The summed E-state index contributed by atoms with van der Waals surface area (Å²) in [6.45, 7) is 0.256. The molecule has 8 heteroatoms. The lowest BCUT2D eigenvalue weighted by Gasteiger charge is -2.11. The lowest BCUT2D eigenvalue weighted by Crippen LogP contribution is -2.17. The van der Waals surface area contributed by atoms with Crippen molar-refractivity contribution in [3.05, 3.63) is 70.5 Å². The number of aromatic amines is 1. The largest absolute Gasteiger partial charge is 0.497 e. The van der Waals surface area contributed by atoms with Crippen molar-refractivity contribution in [1.82, 2.24) is 14.5 Å². The summed E-state index contributed by atoms with van der Waals surface area (Å²) in [4.78, 5) is 19.6. The molecule has 0 atom stereocenters. The van der Waals surface area contributed by atoms with E-state index in [2.05, 4.69) is 9.97 Å². The number of halogens is 1. The van der Waals surface area contributed by atoms with Crippen LogP contribution in [0, 0.1) is 5.82 Å². The quantitative estimate of drug-likeness (QED) is 0.526. The minimum Gasteiger partial charge on any atom is -0.497 e. The fourth-order valence-electron chi connectivity index (χ4n) is 3.42. The molecule has 2 heterocycles. The van der Waals surface area contributed by atoms with E-state index >= 15 is 0 Å². The highest BCUT2D eigenvalue weighted by Gasteiger charge is 2.16. The summed E-state index contributed by atoms with van der Waals surface area (Å²) < 4.78 is 32.0. The number of nitrogens with one attached hydrogen (secondary N) is 1. The van der Waals surface area contributed by atoms with Crippen molar-refractivity contribution in [2.45, 2.75) is 6.54 Å². The van der Waals surface area contributed by atoms with Crippen molar-refractivity contribution in [3.63, 3.8) is 0 Å². The smallest absolute Gasteiger partial charge is 0.327 e. The summed E-state index contributed by atoms with van der Waals surface area (Å²) in [6, 6.07) is 11.7. The Hall–Kier alpha value is -3.81. The molecule has 0 unspecified atom stereocenters. The second kappa shape index (κ2) is 7.90. The molecule has 0 spiro atoms. The molecule has 0 fully saturated rings. The maximum absolute atomic E-state index is 14.5. The van der Waals surface area contributed by atoms with Gasteiger partial charge in [0.15, 0.2) is 5.65 Å². The van der Waals surface area contributed by atoms with Crippen molar-refractivity contribution in [2.24, 2.45) is 0 Å². The molecule has 0 saturated heterocycles. The van der Waals surface area contributed by atoms with Crippen LogP contribution in [0.2, 0.25) is 0 Å². The molecule has 0 aliphatic carbocycles. The predicted molar refractivity (Wildman–Crippen MR) is 111 cm³/mol. The molecule has 1 N–H and O–H groups in total. The van der Waals surface area contributed by atoms with Gasteiger partial charge in [0.2, 0.25) is 0 Å². The highest BCUT2D eigenvalue weighted by molar-refractivity contribution is 5.80. The number of nitrogens with zero attached hydrogens (tertiary/aromatic N) is 2. The first-order chi connectivity index (χ1) is 14.5. The average molecular weight is 409 g/mol. The van der Waals surface area contributed by atoms with Gasteiger partial charge >= 0.3 is 5.69 Å². The lowest BCUT2D eigenvalue weighted by atomic mass is 10.1. The summed E-state index contributed by atoms with van der Waals surface area (Å²) >= 11 is 0. The first-order valence-corrected chi connectivity index (χ1v) is 9.17. The molecule has 0 aliphatic rings. The molecule has 154 valence electrons. The van der Waals surface area contributed by atoms with E-state index in [0.29, 0.717) is 34.0 Å². The maximum Gasteiger partial charge on any atom is 0.327 e. The lowest BCUT2D eigenvalue weighted by molar-refractivity contribution is 0.393. The SMILES string of the molecule is COc1cc(Cn2c(=O)[nH]c3ncc(-c4c(F)cccc4OC)cc32)cc(OC)c1. The summed E-state index contributed by atoms with van der Waals surface area (Å²) in [5.74, 6) is 1.19. The molecule has 4 rings (SSSR count). The Bertz CT molecular complexity index is 1260. The van der Waals surface area contributed by atoms with E-state index in [1.54, 1.807) is 38.5 Å². The molecule has 0 radical (unpaired) electrons. The van der Waals surface area contributed by atoms with Crippen LogP contribution in [0.1, 0.15) is 5.56 Å². The van der Waals surface area contributed by atoms with Crippen LogP contribution in [0.5, 0.6) is 17.2 Å². The van der Waals surface area contributed by atoms with Gasteiger partial charge in [-0.2, -0.15) is 0 Å². The van der Waals surface area contributed by atoms with Gasteiger partial charge in [-0.3, -0.25) is 9.55 Å². The predicted octanol–water partition coefficient (Wildman–Crippen LogP) is 3.60. The van der Waals surface area contributed by atoms with Gasteiger partial charge in [-0.05, 0) is 35.9 Å². The summed E-state index contributed by atoms with van der Waals surface area (Å²) in [5.41, 5.74) is 2.24. The zero-order chi connectivity index (χ0) is 21.3. The van der Waals surface area contributed by atoms with Crippen molar-refractivity contribution in [3.8, 4) is 28.4 Å². The topological polar surface area (TPSA) is 78.4 Å². The molecular formula is C22H20FN3O4. The van der Waals surface area contributed by atoms with E-state index in [9.17, 15) is 9.18 Å². The number of imidazole rings is 1. The van der Waals surface area contributed by atoms with E-state index in [0.717, 1.165) is 5.56 Å². The molecule has 2 aromatic carbocycles.